The van der Waals surface area contributed by atoms with Crippen molar-refractivity contribution in [3.05, 3.63) is 47.5 Å². The lowest BCUT2D eigenvalue weighted by atomic mass is 9.58. The van der Waals surface area contributed by atoms with Crippen molar-refractivity contribution in [3.63, 3.8) is 0 Å². The molecule has 1 N–H and O–H groups in total. The van der Waals surface area contributed by atoms with E-state index in [9.17, 15) is 9.90 Å². The van der Waals surface area contributed by atoms with Crippen LogP contribution in [0.5, 0.6) is 0 Å². The van der Waals surface area contributed by atoms with Gasteiger partial charge in [-0.05, 0) is 73.1 Å². The lowest BCUT2D eigenvalue weighted by molar-refractivity contribution is -0.114. The van der Waals surface area contributed by atoms with Crippen molar-refractivity contribution in [1.29, 1.82) is 0 Å². The van der Waals surface area contributed by atoms with Crippen LogP contribution in [-0.2, 0) is 4.79 Å². The molecule has 4 aliphatic rings. The van der Waals surface area contributed by atoms with E-state index in [0.717, 1.165) is 24.8 Å². The first-order chi connectivity index (χ1) is 13.0. The molecule has 1 fully saturated rings. The van der Waals surface area contributed by atoms with Crippen molar-refractivity contribution in [2.45, 2.75) is 57.4 Å². The zero-order valence-corrected chi connectivity index (χ0v) is 13.5. The summed E-state index contributed by atoms with van der Waals surface area (Å²) in [4.78, 5) is 11.8. The van der Waals surface area contributed by atoms with E-state index in [0.29, 0.717) is 12.8 Å². The summed E-state index contributed by atoms with van der Waals surface area (Å²) >= 11 is 0. The highest BCUT2D eigenvalue weighted by Gasteiger charge is 2.58. The molecule has 122 valence electrons. The topological polar surface area (TPSA) is 37.3 Å². The van der Waals surface area contributed by atoms with Crippen LogP contribution in [0.25, 0.3) is 0 Å². The predicted molar refractivity (Wildman–Crippen MR) is 91.8 cm³/mol. The number of allylic oxidation sites excluding steroid dienone is 5. The van der Waals surface area contributed by atoms with Crippen molar-refractivity contribution in [2.75, 3.05) is 0 Å². The Labute approximate surface area is 145 Å². The molecule has 0 amide bonds. The van der Waals surface area contributed by atoms with E-state index in [2.05, 4.69) is 0 Å². The number of fused-ring (bicyclic) bond motifs is 4. The highest BCUT2D eigenvalue weighted by molar-refractivity contribution is 5.93. The number of ketones is 1. The van der Waals surface area contributed by atoms with Gasteiger partial charge in [-0.1, -0.05) is 25.1 Å². The van der Waals surface area contributed by atoms with E-state index >= 15 is 0 Å². The van der Waals surface area contributed by atoms with Crippen molar-refractivity contribution in [1.82, 2.24) is 0 Å². The van der Waals surface area contributed by atoms with Crippen LogP contribution < -0.4 is 0 Å². The van der Waals surface area contributed by atoms with Crippen LogP contribution >= 0.6 is 0 Å². The summed E-state index contributed by atoms with van der Waals surface area (Å²) in [6.45, 7) is 0.962. The van der Waals surface area contributed by atoms with Gasteiger partial charge in [0, 0.05) is 14.6 Å². The highest BCUT2D eigenvalue weighted by Crippen LogP contribution is 2.61. The molecular weight excluding hydrogens is 284 g/mol. The van der Waals surface area contributed by atoms with E-state index in [1.165, 1.54) is 11.1 Å². The van der Waals surface area contributed by atoms with Crippen LogP contribution in [-0.4, -0.2) is 16.5 Å². The Morgan fingerprint density at radius 1 is 1.52 bits per heavy atom. The zero-order chi connectivity index (χ0) is 20.5. The SMILES string of the molecule is [2H]C([2H])=C([2H])C([2H])([2H])[C@]1(O)CC[C@H]2[C@@H]3CCC4=CC(=O)CCC4=C3C=C[C@@]21C. The summed E-state index contributed by atoms with van der Waals surface area (Å²) in [6.07, 6.45) is 6.99. The minimum Gasteiger partial charge on any atom is -0.389 e. The molecule has 0 spiro atoms. The minimum atomic E-state index is -2.47. The monoisotopic (exact) mass is 315 g/mol. The largest absolute Gasteiger partial charge is 0.389 e. The van der Waals surface area contributed by atoms with Gasteiger partial charge >= 0.3 is 0 Å². The molecule has 4 aliphatic carbocycles. The van der Waals surface area contributed by atoms with Gasteiger partial charge in [-0.2, -0.15) is 0 Å². The maximum absolute atomic E-state index is 11.8. The lowest BCUT2D eigenvalue weighted by Gasteiger charge is -2.48. The first-order valence-electron chi connectivity index (χ1n) is 11.1. The summed E-state index contributed by atoms with van der Waals surface area (Å²) in [5.74, 6) is 0.416. The molecule has 0 saturated heterocycles. The molecule has 23 heavy (non-hydrogen) atoms. The molecule has 0 bridgehead atoms. The van der Waals surface area contributed by atoms with Gasteiger partial charge in [0.25, 0.3) is 0 Å². The highest BCUT2D eigenvalue weighted by atomic mass is 16.3. The predicted octanol–water partition coefficient (Wildman–Crippen LogP) is 4.28. The second kappa shape index (κ2) is 5.04. The van der Waals surface area contributed by atoms with E-state index in [4.69, 9.17) is 6.85 Å². The van der Waals surface area contributed by atoms with E-state index in [1.807, 2.05) is 19.1 Å². The Morgan fingerprint density at radius 2 is 2.39 bits per heavy atom. The second-order valence-electron chi connectivity index (χ2n) is 7.59. The normalized spacial score (nSPS) is 45.6. The quantitative estimate of drug-likeness (QED) is 0.772. The fourth-order valence-corrected chi connectivity index (χ4v) is 5.33. The van der Waals surface area contributed by atoms with Gasteiger partial charge in [-0.3, -0.25) is 4.79 Å². The Morgan fingerprint density at radius 3 is 3.22 bits per heavy atom. The third-order valence-electron chi connectivity index (χ3n) is 6.66. The second-order valence-corrected chi connectivity index (χ2v) is 7.59. The number of hydrogen-bond acceptors (Lipinski definition) is 2. The molecule has 1 saturated carbocycles. The molecule has 2 nitrogen and oxygen atoms in total. The Hall–Kier alpha value is -1.41. The van der Waals surface area contributed by atoms with Gasteiger partial charge in [0.05, 0.1) is 9.71 Å². The standard InChI is InChI=1S/C21H26O2/c1-3-10-21(23)12-9-19-18-6-4-14-13-15(22)5-7-16(14)17(18)8-11-20(19,21)2/h3,8,11,13,18-19,23H,1,4-7,9-10,12H2,2H3/t18-,19+,20+,21+/m1/s1/i1D2,3D,10D2. The van der Waals surface area contributed by atoms with Crippen LogP contribution in [0.3, 0.4) is 0 Å². The minimum absolute atomic E-state index is 0.0342. The van der Waals surface area contributed by atoms with Gasteiger partial charge in [-0.15, -0.1) is 6.53 Å². The fraction of sp³-hybridized carbons (Fsp3) is 0.571. The maximum atomic E-state index is 11.8. The van der Waals surface area contributed by atoms with Crippen molar-refractivity contribution in [2.24, 2.45) is 17.3 Å². The van der Waals surface area contributed by atoms with Crippen LogP contribution in [0.15, 0.2) is 47.5 Å². The molecule has 0 unspecified atom stereocenters. The van der Waals surface area contributed by atoms with Gasteiger partial charge in [0.2, 0.25) is 0 Å². The van der Waals surface area contributed by atoms with Gasteiger partial charge in [0.1, 0.15) is 0 Å². The zero-order valence-electron chi connectivity index (χ0n) is 18.5. The number of rotatable bonds is 2. The molecule has 0 aliphatic heterocycles. The summed E-state index contributed by atoms with van der Waals surface area (Å²) in [7, 11) is 0. The van der Waals surface area contributed by atoms with Crippen LogP contribution in [0.2, 0.25) is 0 Å². The lowest BCUT2D eigenvalue weighted by Crippen LogP contribution is -2.47. The average molecular weight is 315 g/mol. The Kier molecular flexibility index (Phi) is 2.29. The molecule has 0 radical (unpaired) electrons. The molecule has 0 aromatic rings. The summed E-state index contributed by atoms with van der Waals surface area (Å²) in [5.41, 5.74) is 0.886. The molecular formula is C21H26O2. The summed E-state index contributed by atoms with van der Waals surface area (Å²) in [6, 6.07) is -0.769. The van der Waals surface area contributed by atoms with Gasteiger partial charge in [-0.25, -0.2) is 0 Å². The number of aliphatic hydroxyl groups is 1. The van der Waals surface area contributed by atoms with Gasteiger partial charge in [0.15, 0.2) is 5.78 Å². The number of carbonyl (C=O) groups is 1. The van der Waals surface area contributed by atoms with Crippen LogP contribution in [0.1, 0.15) is 58.7 Å². The molecule has 0 aromatic carbocycles. The molecule has 4 rings (SSSR count). The smallest absolute Gasteiger partial charge is 0.156 e. The molecule has 4 atom stereocenters. The summed E-state index contributed by atoms with van der Waals surface area (Å²) < 4.78 is 39.6. The van der Waals surface area contributed by atoms with E-state index in [1.54, 1.807) is 6.08 Å². The van der Waals surface area contributed by atoms with Crippen LogP contribution in [0, 0.1) is 17.3 Å². The van der Waals surface area contributed by atoms with Crippen molar-refractivity contribution >= 4 is 5.78 Å². The van der Waals surface area contributed by atoms with Crippen LogP contribution in [0.4, 0.5) is 0 Å². The van der Waals surface area contributed by atoms with Crippen molar-refractivity contribution < 1.29 is 16.8 Å². The Balaban J connectivity index is 1.81. The van der Waals surface area contributed by atoms with E-state index < -0.39 is 30.0 Å². The molecule has 0 heterocycles. The first-order valence-corrected chi connectivity index (χ1v) is 8.56. The van der Waals surface area contributed by atoms with E-state index in [-0.39, 0.29) is 24.0 Å². The van der Waals surface area contributed by atoms with Crippen molar-refractivity contribution in [3.8, 4) is 0 Å². The third kappa shape index (κ3) is 2.00. The average Bonchev–Trinajstić information content (AvgIpc) is 2.93. The number of hydrogen-bond donors (Lipinski definition) is 1. The molecule has 2 heteroatoms. The maximum Gasteiger partial charge on any atom is 0.156 e. The summed E-state index contributed by atoms with van der Waals surface area (Å²) in [5, 5.41) is 11.5. The first kappa shape index (κ1) is 10.5. The molecule has 0 aromatic heterocycles. The fourth-order valence-electron chi connectivity index (χ4n) is 5.33. The Bertz CT molecular complexity index is 864. The third-order valence-corrected chi connectivity index (χ3v) is 6.66. The van der Waals surface area contributed by atoms with Gasteiger partial charge < -0.3 is 5.11 Å². The number of carbonyl (C=O) groups excluding carboxylic acids is 1.